The molecule has 98 valence electrons. The lowest BCUT2D eigenvalue weighted by Gasteiger charge is -1.97. The van der Waals surface area contributed by atoms with E-state index in [2.05, 4.69) is 0 Å². The van der Waals surface area contributed by atoms with E-state index in [0.717, 1.165) is 18.3 Å². The lowest BCUT2D eigenvalue weighted by atomic mass is 10.5. The molecule has 0 aliphatic rings. The van der Waals surface area contributed by atoms with E-state index in [1.54, 1.807) is 0 Å². The smallest absolute Gasteiger partial charge is 0.279 e. The number of pyridine rings is 1. The van der Waals surface area contributed by atoms with E-state index >= 15 is 0 Å². The van der Waals surface area contributed by atoms with Gasteiger partial charge >= 0.3 is 21.6 Å². The van der Waals surface area contributed by atoms with Crippen molar-refractivity contribution in [2.75, 3.05) is 0 Å². The van der Waals surface area contributed by atoms with Crippen LogP contribution >= 0.6 is 0 Å². The molecule has 0 spiro atoms. The molecule has 4 nitrogen and oxygen atoms in total. The Morgan fingerprint density at radius 2 is 1.65 bits per heavy atom. The average Bonchev–Trinajstić information content (AvgIpc) is 2.12. The molecule has 0 radical (unpaired) electrons. The quantitative estimate of drug-likeness (QED) is 0.339. The fourth-order valence-electron chi connectivity index (χ4n) is 0.439. The van der Waals surface area contributed by atoms with Gasteiger partial charge in [-0.15, -0.1) is 4.39 Å². The SMILES string of the molecule is Fc1ccc[n+](F)c1F.O=S(=O)(O)C(F)(F)F. The van der Waals surface area contributed by atoms with Crippen LogP contribution in [0.5, 0.6) is 0 Å². The number of aromatic nitrogens is 1. The zero-order valence-corrected chi connectivity index (χ0v) is 8.44. The van der Waals surface area contributed by atoms with Gasteiger partial charge in [0.15, 0.2) is 0 Å². The first-order chi connectivity index (χ1) is 7.47. The second-order valence-electron chi connectivity index (χ2n) is 2.38. The van der Waals surface area contributed by atoms with Gasteiger partial charge in [0.1, 0.15) is 0 Å². The molecule has 1 heterocycles. The molecule has 0 fully saturated rings. The highest BCUT2D eigenvalue weighted by atomic mass is 32.2. The second-order valence-corrected chi connectivity index (χ2v) is 3.79. The normalized spacial score (nSPS) is 11.7. The standard InChI is InChI=1S/C5H3F3N.CHF3O3S/c6-4-2-1-3-9(8)5(4)7;2-1(3,4)8(5,6)7/h1-3H;(H,5,6,7)/q+1;. The van der Waals surface area contributed by atoms with E-state index in [1.165, 1.54) is 0 Å². The molecule has 0 aliphatic heterocycles. The van der Waals surface area contributed by atoms with Gasteiger partial charge in [-0.3, -0.25) is 4.55 Å². The number of hydrogen-bond acceptors (Lipinski definition) is 2. The lowest BCUT2D eigenvalue weighted by molar-refractivity contribution is -0.866. The summed E-state index contributed by atoms with van der Waals surface area (Å²) in [5, 5.41) is 0. The molecule has 1 aromatic rings. The van der Waals surface area contributed by atoms with Gasteiger partial charge in [-0.1, -0.05) is 0 Å². The summed E-state index contributed by atoms with van der Waals surface area (Å²) in [4.78, 5) is -0.421. The zero-order valence-electron chi connectivity index (χ0n) is 7.62. The summed E-state index contributed by atoms with van der Waals surface area (Å²) in [5.41, 5.74) is -5.53. The topological polar surface area (TPSA) is 58.2 Å². The summed E-state index contributed by atoms with van der Waals surface area (Å²) >= 11 is 0. The molecule has 0 aliphatic carbocycles. The lowest BCUT2D eigenvalue weighted by Crippen LogP contribution is -2.27. The number of halogens is 6. The van der Waals surface area contributed by atoms with Crippen LogP contribution in [0.4, 0.5) is 26.4 Å². The summed E-state index contributed by atoms with van der Waals surface area (Å²) in [6, 6.07) is 1.91. The third kappa shape index (κ3) is 4.99. The Hall–Kier alpha value is -1.36. The molecular weight excluding hydrogens is 280 g/mol. The maximum absolute atomic E-state index is 11.9. The molecule has 0 saturated heterocycles. The van der Waals surface area contributed by atoms with Crippen LogP contribution in [0.15, 0.2) is 18.3 Å². The molecule has 11 heteroatoms. The minimum Gasteiger partial charge on any atom is -0.279 e. The van der Waals surface area contributed by atoms with Crippen LogP contribution in [0.3, 0.4) is 0 Å². The summed E-state index contributed by atoms with van der Waals surface area (Å²) in [6.45, 7) is 0. The van der Waals surface area contributed by atoms with Gasteiger partial charge in [0.05, 0.1) is 9.27 Å². The van der Waals surface area contributed by atoms with Gasteiger partial charge in [0.25, 0.3) is 0 Å². The summed E-state index contributed by atoms with van der Waals surface area (Å²) < 4.78 is 93.3. The van der Waals surface area contributed by atoms with Crippen LogP contribution < -0.4 is 4.79 Å². The predicted octanol–water partition coefficient (Wildman–Crippen LogP) is 1.38. The van der Waals surface area contributed by atoms with Crippen LogP contribution in [0, 0.1) is 11.8 Å². The highest BCUT2D eigenvalue weighted by molar-refractivity contribution is 7.86. The second kappa shape index (κ2) is 5.31. The van der Waals surface area contributed by atoms with E-state index in [-0.39, 0.29) is 0 Å². The third-order valence-corrected chi connectivity index (χ3v) is 1.72. The van der Waals surface area contributed by atoms with Gasteiger partial charge in [-0.2, -0.15) is 26.0 Å². The summed E-state index contributed by atoms with van der Waals surface area (Å²) in [7, 11) is -5.84. The number of alkyl halides is 3. The van der Waals surface area contributed by atoms with Crippen molar-refractivity contribution in [3.05, 3.63) is 30.1 Å². The van der Waals surface area contributed by atoms with E-state index < -0.39 is 32.2 Å². The number of hydrogen-bond donors (Lipinski definition) is 1. The van der Waals surface area contributed by atoms with Crippen molar-refractivity contribution in [2.24, 2.45) is 0 Å². The van der Waals surface area contributed by atoms with Gasteiger partial charge in [0, 0.05) is 6.07 Å². The molecule has 1 N–H and O–H groups in total. The van der Waals surface area contributed by atoms with E-state index in [4.69, 9.17) is 13.0 Å². The highest BCUT2D eigenvalue weighted by Crippen LogP contribution is 2.20. The van der Waals surface area contributed by atoms with Gasteiger partial charge < -0.3 is 0 Å². The van der Waals surface area contributed by atoms with Crippen molar-refractivity contribution in [3.63, 3.8) is 0 Å². The third-order valence-electron chi connectivity index (χ3n) is 1.14. The predicted molar refractivity (Wildman–Crippen MR) is 40.7 cm³/mol. The molecule has 0 atom stereocenters. The largest absolute Gasteiger partial charge is 0.522 e. The Morgan fingerprint density at radius 3 is 1.88 bits per heavy atom. The Kier molecular flexibility index (Phi) is 4.89. The van der Waals surface area contributed by atoms with Crippen molar-refractivity contribution in [1.82, 2.24) is 0 Å². The Balaban J connectivity index is 0.000000304. The first kappa shape index (κ1) is 15.6. The molecular formula is C6H4F6NO3S+. The van der Waals surface area contributed by atoms with Crippen LogP contribution in [0.1, 0.15) is 0 Å². The Bertz CT molecular complexity index is 465. The van der Waals surface area contributed by atoms with Crippen LogP contribution in [0.25, 0.3) is 0 Å². The van der Waals surface area contributed by atoms with Crippen molar-refractivity contribution in [2.45, 2.75) is 5.51 Å². The van der Waals surface area contributed by atoms with Gasteiger partial charge in [0.2, 0.25) is 12.0 Å². The van der Waals surface area contributed by atoms with Crippen molar-refractivity contribution in [1.29, 1.82) is 0 Å². The fourth-order valence-corrected chi connectivity index (χ4v) is 0.439. The molecule has 0 unspecified atom stereocenters. The van der Waals surface area contributed by atoms with Gasteiger partial charge in [-0.05, 0) is 6.07 Å². The van der Waals surface area contributed by atoms with E-state index in [9.17, 15) is 26.4 Å². The minimum absolute atomic E-state index is 0.421. The molecule has 1 aromatic heterocycles. The maximum atomic E-state index is 11.9. The molecule has 1 rings (SSSR count). The average molecular weight is 284 g/mol. The summed E-state index contributed by atoms with van der Waals surface area (Å²) in [6.07, 6.45) is 0.776. The molecule has 0 saturated carbocycles. The van der Waals surface area contributed by atoms with Crippen molar-refractivity contribution < 1.29 is 44.2 Å². The van der Waals surface area contributed by atoms with E-state index in [0.29, 0.717) is 0 Å². The number of nitrogens with zero attached hydrogens (tertiary/aromatic N) is 1. The van der Waals surface area contributed by atoms with Gasteiger partial charge in [-0.25, -0.2) is 0 Å². The maximum Gasteiger partial charge on any atom is 0.522 e. The monoisotopic (exact) mass is 284 g/mol. The van der Waals surface area contributed by atoms with Crippen LogP contribution in [-0.4, -0.2) is 18.5 Å². The Morgan fingerprint density at radius 1 is 1.24 bits per heavy atom. The Labute approximate surface area is 90.8 Å². The van der Waals surface area contributed by atoms with Crippen molar-refractivity contribution in [3.8, 4) is 0 Å². The molecule has 17 heavy (non-hydrogen) atoms. The van der Waals surface area contributed by atoms with E-state index in [1.807, 2.05) is 0 Å². The molecule has 0 aromatic carbocycles. The molecule has 0 bridgehead atoms. The van der Waals surface area contributed by atoms with Crippen molar-refractivity contribution >= 4 is 10.1 Å². The van der Waals surface area contributed by atoms with Crippen LogP contribution in [-0.2, 0) is 10.1 Å². The fraction of sp³-hybridized carbons (Fsp3) is 0.167. The van der Waals surface area contributed by atoms with Crippen LogP contribution in [0.2, 0.25) is 0 Å². The minimum atomic E-state index is -5.84. The first-order valence-electron chi connectivity index (χ1n) is 3.52. The summed E-state index contributed by atoms with van der Waals surface area (Å²) in [5.74, 6) is -2.70. The zero-order chi connectivity index (χ0) is 13.9. The molecule has 0 amide bonds. The highest BCUT2D eigenvalue weighted by Gasteiger charge is 2.44. The number of rotatable bonds is 0. The first-order valence-corrected chi connectivity index (χ1v) is 4.96.